The number of aromatic nitrogens is 4. The fraction of sp³-hybridized carbons (Fsp3) is 0.706. The molecule has 0 fully saturated rings. The lowest BCUT2D eigenvalue weighted by atomic mass is 10.1. The first-order chi connectivity index (χ1) is 40.2. The average Bonchev–Trinajstić information content (AvgIpc) is 3.52. The number of hydrogen-bond donors (Lipinski definition) is 2. The summed E-state index contributed by atoms with van der Waals surface area (Å²) in [7, 11) is -1.09. The molecule has 0 saturated heterocycles. The van der Waals surface area contributed by atoms with Crippen molar-refractivity contribution in [3.8, 4) is 45.8 Å². The number of phenolic OH excluding ortho intramolecular Hbond substituents is 1. The number of aliphatic hydroxyl groups excluding tert-OH is 1. The Morgan fingerprint density at radius 1 is 0.398 bits per heavy atom. The quantitative estimate of drug-likeness (QED) is 0.0253. The Hall–Kier alpha value is -2.51. The average molecular weight is 1260 g/mol. The van der Waals surface area contributed by atoms with Gasteiger partial charge in [-0.15, -0.1) is 17.8 Å². The molecule has 0 amide bonds. The van der Waals surface area contributed by atoms with Crippen LogP contribution >= 0.6 is 17.8 Å². The van der Waals surface area contributed by atoms with Crippen LogP contribution in [0.3, 0.4) is 0 Å². The van der Waals surface area contributed by atoms with E-state index < -0.39 is 32.3 Å². The van der Waals surface area contributed by atoms with Gasteiger partial charge in [-0.1, -0.05) is 257 Å². The van der Waals surface area contributed by atoms with E-state index >= 15 is 0 Å². The van der Waals surface area contributed by atoms with Crippen LogP contribution in [0.25, 0.3) is 22.8 Å². The Balaban J connectivity index is 0.000000677. The second kappa shape index (κ2) is 48.5. The van der Waals surface area contributed by atoms with Gasteiger partial charge in [0, 0.05) is 50.0 Å². The van der Waals surface area contributed by atoms with Crippen LogP contribution in [0.1, 0.15) is 194 Å². The summed E-state index contributed by atoms with van der Waals surface area (Å²) in [5, 5.41) is 18.0. The van der Waals surface area contributed by atoms with Gasteiger partial charge in [0.15, 0.2) is 23.1 Å². The molecule has 0 spiro atoms. The van der Waals surface area contributed by atoms with Gasteiger partial charge < -0.3 is 24.4 Å². The van der Waals surface area contributed by atoms with Crippen molar-refractivity contribution in [3.05, 3.63) is 73.3 Å². The molecule has 83 heavy (non-hydrogen) atoms. The summed E-state index contributed by atoms with van der Waals surface area (Å²) >= 11 is 0. The maximum Gasteiger partial charge on any atom is 0.159 e. The normalized spacial score (nSPS) is 12.0. The number of phenols is 1. The van der Waals surface area contributed by atoms with Crippen molar-refractivity contribution in [2.45, 2.75) is 283 Å². The minimum Gasteiger partial charge on any atom is -0.508 e. The van der Waals surface area contributed by atoms with E-state index in [1.54, 1.807) is 60.4 Å². The lowest BCUT2D eigenvalue weighted by Gasteiger charge is -2.29. The van der Waals surface area contributed by atoms with Gasteiger partial charge in [0.1, 0.15) is 11.5 Å². The summed E-state index contributed by atoms with van der Waals surface area (Å²) < 4.78 is 23.7. The van der Waals surface area contributed by atoms with Gasteiger partial charge in [-0.3, -0.25) is 0 Å². The van der Waals surface area contributed by atoms with Crippen molar-refractivity contribution in [3.63, 3.8) is 0 Å². The minimum absolute atomic E-state index is 0.240. The molecule has 0 radical (unpaired) electrons. The molecule has 2 atom stereocenters. The summed E-state index contributed by atoms with van der Waals surface area (Å²) in [4.78, 5) is 17.7. The molecule has 0 bridgehead atoms. The standard InChI is InChI=1S/C34H60N2O2Si2.C20H28N2O2.C14H34OSi2.H4P2/c1-7-8-9-10-11-12-15-19-26-38-33-28-35-34(36-29-33)31-21-23-32(24-22-31)37-25-18-16-13-14-17-20-27-40(5,6)30-39(2,3)4;1-2-3-4-5-6-7-8-9-14-24-19-15-21-20(22-16-19)17-10-12-18(23)13-11-17;1-16(2,3)14-17(4,5)13-11-9-7-6-8-10-12-15;1-2/h21-24,28-29H,7-20,25-27,30H2,1-6H3;10-13,15-16,23H,2-9,14H2,1H3;15H,6-14H2,1-5H3;1-2H2/i;;;1T. The molecule has 474 valence electrons. The van der Waals surface area contributed by atoms with E-state index in [-0.39, 0.29) is 14.6 Å². The smallest absolute Gasteiger partial charge is 0.159 e. The van der Waals surface area contributed by atoms with Gasteiger partial charge in [-0.05, 0) is 74.2 Å². The van der Waals surface area contributed by atoms with E-state index in [1.165, 1.54) is 166 Å². The van der Waals surface area contributed by atoms with Gasteiger partial charge in [0.25, 0.3) is 0 Å². The fourth-order valence-electron chi connectivity index (χ4n) is 11.3. The number of aromatic hydroxyl groups is 1. The van der Waals surface area contributed by atoms with Crippen LogP contribution in [0.2, 0.25) is 88.9 Å². The SMILES string of the molecule is CCCCCCCCCCOc1cnc(-c2ccc(O)cc2)nc1.CCCCCCCCCCOc1cnc(-c2ccc(OCCCCCCCC[Si](C)(C)C[Si](C)(C)C)cc2)nc1.C[Si](C)(C)C[Si](C)(C)CCCCCCCCO.[3H]PP. The lowest BCUT2D eigenvalue weighted by Crippen LogP contribution is -2.37. The van der Waals surface area contributed by atoms with Crippen LogP contribution < -0.4 is 14.2 Å². The molecule has 0 aliphatic heterocycles. The molecule has 2 aromatic carbocycles. The van der Waals surface area contributed by atoms with Gasteiger partial charge >= 0.3 is 0 Å². The Kier molecular flexibility index (Phi) is 44.7. The number of aliphatic hydroxyl groups is 1. The molecule has 15 heteroatoms. The molecule has 4 aromatic rings. The molecule has 2 heterocycles. The van der Waals surface area contributed by atoms with E-state index in [2.05, 4.69) is 108 Å². The Labute approximate surface area is 520 Å². The Bertz CT molecular complexity index is 2120. The van der Waals surface area contributed by atoms with Crippen LogP contribution in [0.15, 0.2) is 73.3 Å². The van der Waals surface area contributed by atoms with Crippen LogP contribution in [-0.2, 0) is 0 Å². The zero-order valence-electron chi connectivity index (χ0n) is 56.4. The minimum atomic E-state index is -0.971. The van der Waals surface area contributed by atoms with E-state index in [9.17, 15) is 5.11 Å². The topological polar surface area (TPSA) is 120 Å². The van der Waals surface area contributed by atoms with Crippen LogP contribution in [0, 0.1) is 0 Å². The van der Waals surface area contributed by atoms with Gasteiger partial charge in [0.05, 0.1) is 45.9 Å². The molecule has 4 rings (SSSR count). The highest BCUT2D eigenvalue weighted by Gasteiger charge is 2.29. The molecule has 0 saturated carbocycles. The fourth-order valence-corrected chi connectivity index (χ4v) is 38.1. The van der Waals surface area contributed by atoms with Crippen molar-refractivity contribution >= 4 is 50.1 Å². The molecule has 2 N–H and O–H groups in total. The first kappa shape index (κ1) is 76.6. The van der Waals surface area contributed by atoms with Crippen LogP contribution in [0.5, 0.6) is 23.0 Å². The molecule has 2 unspecified atom stereocenters. The van der Waals surface area contributed by atoms with E-state index in [0.717, 1.165) is 74.0 Å². The number of unbranched alkanes of at least 4 members (excludes halogenated alkanes) is 24. The maximum absolute atomic E-state index is 9.30. The monoisotopic (exact) mass is 1250 g/mol. The molecule has 9 nitrogen and oxygen atoms in total. The Morgan fingerprint density at radius 3 is 0.988 bits per heavy atom. The third-order valence-electron chi connectivity index (χ3n) is 14.8. The van der Waals surface area contributed by atoms with Crippen molar-refractivity contribution in [1.82, 2.24) is 19.9 Å². The summed E-state index contributed by atoms with van der Waals surface area (Å²) in [6, 6.07) is 18.0. The summed E-state index contributed by atoms with van der Waals surface area (Å²) in [5.41, 5.74) is 5.04. The van der Waals surface area contributed by atoms with Crippen molar-refractivity contribution < 1.29 is 24.4 Å². The lowest BCUT2D eigenvalue weighted by molar-refractivity contribution is 0.282. The number of hydrogen-bond acceptors (Lipinski definition) is 9. The van der Waals surface area contributed by atoms with E-state index in [1.807, 2.05) is 24.3 Å². The zero-order valence-corrected chi connectivity index (χ0v) is 61.5. The largest absolute Gasteiger partial charge is 0.508 e. The second-order valence-electron chi connectivity index (χ2n) is 27.3. The van der Waals surface area contributed by atoms with E-state index in [4.69, 9.17) is 20.6 Å². The summed E-state index contributed by atoms with van der Waals surface area (Å²) in [6.07, 6.45) is 43.4. The predicted octanol–water partition coefficient (Wildman–Crippen LogP) is 21.9. The van der Waals surface area contributed by atoms with Gasteiger partial charge in [0.2, 0.25) is 0 Å². The van der Waals surface area contributed by atoms with Crippen molar-refractivity contribution in [1.29, 1.82) is 1.28 Å². The van der Waals surface area contributed by atoms with Crippen LogP contribution in [0.4, 0.5) is 0 Å². The highest BCUT2D eigenvalue weighted by molar-refractivity contribution is 7.92. The zero-order chi connectivity index (χ0) is 62.2. The number of benzene rings is 2. The van der Waals surface area contributed by atoms with Crippen LogP contribution in [-0.4, -0.2) is 90.2 Å². The molecule has 0 aliphatic rings. The highest BCUT2D eigenvalue weighted by atomic mass is 32.0. The van der Waals surface area contributed by atoms with Crippen molar-refractivity contribution in [2.24, 2.45) is 0 Å². The number of ether oxygens (including phenoxy) is 3. The third-order valence-corrected chi connectivity index (χ3v) is 34.4. The first-order valence-electron chi connectivity index (χ1n) is 33.6. The molecule has 0 aliphatic carbocycles. The first-order valence-corrected chi connectivity index (χ1v) is 49.6. The van der Waals surface area contributed by atoms with Gasteiger partial charge in [-0.2, -0.15) is 0 Å². The second-order valence-corrected chi connectivity index (χ2v) is 50.0. The van der Waals surface area contributed by atoms with E-state index in [0.29, 0.717) is 18.2 Å². The number of rotatable bonds is 44. The highest BCUT2D eigenvalue weighted by Crippen LogP contribution is 2.28. The third kappa shape index (κ3) is 45.4. The summed E-state index contributed by atoms with van der Waals surface area (Å²) in [6.45, 7) is 32.6. The molecular formula is C68H126N4O5P2Si4. The molecular weight excluding hydrogens is 1130 g/mol. The number of nitrogens with zero attached hydrogens (tertiary/aromatic N) is 4. The summed E-state index contributed by atoms with van der Waals surface area (Å²) in [5.74, 6) is 3.97. The predicted molar refractivity (Wildman–Crippen MR) is 381 cm³/mol. The molecule has 2 aromatic heterocycles. The van der Waals surface area contributed by atoms with Gasteiger partial charge in [-0.25, -0.2) is 19.9 Å². The van der Waals surface area contributed by atoms with Crippen molar-refractivity contribution in [2.75, 3.05) is 26.4 Å². The Morgan fingerprint density at radius 2 is 0.675 bits per heavy atom. The maximum atomic E-state index is 9.30.